The van der Waals surface area contributed by atoms with Crippen molar-refractivity contribution in [2.75, 3.05) is 5.73 Å². The van der Waals surface area contributed by atoms with Crippen LogP contribution in [0.3, 0.4) is 0 Å². The van der Waals surface area contributed by atoms with Gasteiger partial charge in [-0.15, -0.1) is 0 Å². The van der Waals surface area contributed by atoms with Crippen LogP contribution in [0.25, 0.3) is 22.2 Å². The third-order valence-electron chi connectivity index (χ3n) is 2.21. The van der Waals surface area contributed by atoms with Crippen molar-refractivity contribution in [2.24, 2.45) is 0 Å². The summed E-state index contributed by atoms with van der Waals surface area (Å²) < 4.78 is 5.23. The number of hydrogen-bond donors (Lipinski definition) is 1. The number of rotatable bonds is 2. The van der Waals surface area contributed by atoms with E-state index in [1.807, 2.05) is 23.8 Å². The van der Waals surface area contributed by atoms with E-state index in [4.69, 9.17) is 10.3 Å². The molecule has 3 heterocycles. The Kier molecular flexibility index (Phi) is 2.41. The molecule has 17 heavy (non-hydrogen) atoms. The van der Waals surface area contributed by atoms with Crippen LogP contribution in [0.1, 0.15) is 5.69 Å². The maximum atomic E-state index is 5.64. The van der Waals surface area contributed by atoms with Crippen LogP contribution in [-0.4, -0.2) is 15.1 Å². The number of thiazole rings is 1. The minimum absolute atomic E-state index is 0.470. The molecule has 0 aliphatic heterocycles. The third kappa shape index (κ3) is 1.83. The van der Waals surface area contributed by atoms with Crippen LogP contribution in [0.5, 0.6) is 0 Å². The van der Waals surface area contributed by atoms with E-state index in [9.17, 15) is 0 Å². The molecular formula is C10H8N4OS2. The molecule has 0 aliphatic rings. The van der Waals surface area contributed by atoms with Gasteiger partial charge in [-0.2, -0.15) is 16.3 Å². The van der Waals surface area contributed by atoms with Crippen LogP contribution in [-0.2, 0) is 0 Å². The predicted octanol–water partition coefficient (Wildman–Crippen LogP) is 2.81. The Morgan fingerprint density at radius 1 is 1.35 bits per heavy atom. The van der Waals surface area contributed by atoms with E-state index in [0.717, 1.165) is 16.1 Å². The van der Waals surface area contributed by atoms with Gasteiger partial charge in [0.2, 0.25) is 5.82 Å². The molecule has 0 bridgehead atoms. The van der Waals surface area contributed by atoms with Crippen LogP contribution in [0.15, 0.2) is 21.3 Å². The van der Waals surface area contributed by atoms with Crippen LogP contribution >= 0.6 is 22.7 Å². The molecule has 0 radical (unpaired) electrons. The van der Waals surface area contributed by atoms with Gasteiger partial charge in [0.25, 0.3) is 5.89 Å². The molecule has 3 aromatic rings. The second-order valence-electron chi connectivity index (χ2n) is 3.40. The average molecular weight is 264 g/mol. The van der Waals surface area contributed by atoms with E-state index in [2.05, 4.69) is 15.1 Å². The minimum atomic E-state index is 0.470. The van der Waals surface area contributed by atoms with Crippen LogP contribution in [0.2, 0.25) is 0 Å². The SMILES string of the molecule is Cc1nc(N)sc1-c1nc(-c2ccsc2)no1. The predicted molar refractivity (Wildman–Crippen MR) is 67.9 cm³/mol. The summed E-state index contributed by atoms with van der Waals surface area (Å²) in [4.78, 5) is 9.30. The molecule has 0 atom stereocenters. The second kappa shape index (κ2) is 3.94. The van der Waals surface area contributed by atoms with Gasteiger partial charge >= 0.3 is 0 Å². The van der Waals surface area contributed by atoms with Crippen molar-refractivity contribution < 1.29 is 4.52 Å². The number of aromatic nitrogens is 3. The maximum absolute atomic E-state index is 5.64. The first-order valence-corrected chi connectivity index (χ1v) is 6.59. The first kappa shape index (κ1) is 10.4. The third-order valence-corrected chi connectivity index (χ3v) is 3.87. The number of nitrogens with two attached hydrogens (primary N) is 1. The fourth-order valence-electron chi connectivity index (χ4n) is 1.44. The summed E-state index contributed by atoms with van der Waals surface area (Å²) in [6.45, 7) is 1.87. The molecule has 0 saturated carbocycles. The lowest BCUT2D eigenvalue weighted by atomic mass is 10.3. The quantitative estimate of drug-likeness (QED) is 0.770. The van der Waals surface area contributed by atoms with Gasteiger partial charge in [-0.1, -0.05) is 16.5 Å². The monoisotopic (exact) mass is 264 g/mol. The highest BCUT2D eigenvalue weighted by atomic mass is 32.1. The fourth-order valence-corrected chi connectivity index (χ4v) is 2.83. The van der Waals surface area contributed by atoms with Crippen LogP contribution in [0.4, 0.5) is 5.13 Å². The highest BCUT2D eigenvalue weighted by molar-refractivity contribution is 7.18. The Bertz CT molecular complexity index is 641. The van der Waals surface area contributed by atoms with Crippen molar-refractivity contribution in [3.8, 4) is 22.2 Å². The molecule has 0 aromatic carbocycles. The first-order valence-electron chi connectivity index (χ1n) is 4.83. The first-order chi connectivity index (χ1) is 8.24. The largest absolute Gasteiger partial charge is 0.375 e. The van der Waals surface area contributed by atoms with Gasteiger partial charge in [-0.25, -0.2) is 4.98 Å². The number of nitrogens with zero attached hydrogens (tertiary/aromatic N) is 3. The Morgan fingerprint density at radius 2 is 2.24 bits per heavy atom. The maximum Gasteiger partial charge on any atom is 0.270 e. The normalized spacial score (nSPS) is 10.9. The van der Waals surface area contributed by atoms with Crippen molar-refractivity contribution in [3.63, 3.8) is 0 Å². The lowest BCUT2D eigenvalue weighted by molar-refractivity contribution is 0.433. The summed E-state index contributed by atoms with van der Waals surface area (Å²) in [5.41, 5.74) is 7.41. The molecule has 0 unspecified atom stereocenters. The molecule has 0 spiro atoms. The summed E-state index contributed by atoms with van der Waals surface area (Å²) in [5, 5.41) is 8.40. The number of thiophene rings is 1. The topological polar surface area (TPSA) is 77.8 Å². The average Bonchev–Trinajstić information content (AvgIpc) is 2.97. The highest BCUT2D eigenvalue weighted by Gasteiger charge is 2.16. The van der Waals surface area contributed by atoms with Crippen molar-refractivity contribution in [3.05, 3.63) is 22.5 Å². The molecule has 86 valence electrons. The van der Waals surface area contributed by atoms with Gasteiger partial charge in [0.1, 0.15) is 4.88 Å². The Morgan fingerprint density at radius 3 is 2.88 bits per heavy atom. The van der Waals surface area contributed by atoms with Crippen molar-refractivity contribution >= 4 is 27.8 Å². The van der Waals surface area contributed by atoms with E-state index in [-0.39, 0.29) is 0 Å². The van der Waals surface area contributed by atoms with Gasteiger partial charge in [0.05, 0.1) is 5.69 Å². The van der Waals surface area contributed by atoms with Gasteiger partial charge in [-0.05, 0) is 18.4 Å². The molecule has 0 saturated heterocycles. The Hall–Kier alpha value is -1.73. The Balaban J connectivity index is 2.03. The van der Waals surface area contributed by atoms with E-state index in [0.29, 0.717) is 16.8 Å². The minimum Gasteiger partial charge on any atom is -0.375 e. The molecule has 2 N–H and O–H groups in total. The van der Waals surface area contributed by atoms with Gasteiger partial charge in [-0.3, -0.25) is 0 Å². The van der Waals surface area contributed by atoms with E-state index >= 15 is 0 Å². The number of anilines is 1. The smallest absolute Gasteiger partial charge is 0.270 e. The fraction of sp³-hybridized carbons (Fsp3) is 0.100. The molecule has 3 aromatic heterocycles. The summed E-state index contributed by atoms with van der Waals surface area (Å²) in [7, 11) is 0. The van der Waals surface area contributed by atoms with Gasteiger partial charge in [0, 0.05) is 10.9 Å². The van der Waals surface area contributed by atoms with Crippen molar-refractivity contribution in [1.82, 2.24) is 15.1 Å². The van der Waals surface area contributed by atoms with E-state index in [1.54, 1.807) is 11.3 Å². The van der Waals surface area contributed by atoms with Crippen LogP contribution < -0.4 is 5.73 Å². The summed E-state index contributed by atoms with van der Waals surface area (Å²) in [6.07, 6.45) is 0. The molecule has 5 nitrogen and oxygen atoms in total. The molecule has 3 rings (SSSR count). The second-order valence-corrected chi connectivity index (χ2v) is 5.21. The zero-order valence-electron chi connectivity index (χ0n) is 8.88. The molecule has 0 fully saturated rings. The van der Waals surface area contributed by atoms with Gasteiger partial charge < -0.3 is 10.3 Å². The number of hydrogen-bond acceptors (Lipinski definition) is 7. The Labute approximate surface area is 105 Å². The zero-order valence-corrected chi connectivity index (χ0v) is 10.5. The van der Waals surface area contributed by atoms with E-state index < -0.39 is 0 Å². The standard InChI is InChI=1S/C10H8N4OS2/c1-5-7(17-10(11)12-5)9-13-8(14-15-9)6-2-3-16-4-6/h2-4H,1H3,(H2,11,12). The highest BCUT2D eigenvalue weighted by Crippen LogP contribution is 2.31. The molecular weight excluding hydrogens is 256 g/mol. The molecule has 0 aliphatic carbocycles. The van der Waals surface area contributed by atoms with Crippen LogP contribution in [0, 0.1) is 6.92 Å². The zero-order chi connectivity index (χ0) is 11.8. The van der Waals surface area contributed by atoms with Crippen molar-refractivity contribution in [1.29, 1.82) is 0 Å². The molecule has 7 heteroatoms. The summed E-state index contributed by atoms with van der Waals surface area (Å²) >= 11 is 2.95. The van der Waals surface area contributed by atoms with Crippen molar-refractivity contribution in [2.45, 2.75) is 6.92 Å². The molecule has 0 amide bonds. The van der Waals surface area contributed by atoms with E-state index in [1.165, 1.54) is 11.3 Å². The number of nitrogen functional groups attached to an aromatic ring is 1. The summed E-state index contributed by atoms with van der Waals surface area (Å²) in [5.74, 6) is 1.06. The lowest BCUT2D eigenvalue weighted by Crippen LogP contribution is -1.81. The lowest BCUT2D eigenvalue weighted by Gasteiger charge is -1.86. The summed E-state index contributed by atoms with van der Waals surface area (Å²) in [6, 6.07) is 1.95. The van der Waals surface area contributed by atoms with Gasteiger partial charge in [0.15, 0.2) is 5.13 Å². The number of aryl methyl sites for hydroxylation is 1.